The second-order valence-electron chi connectivity index (χ2n) is 9.35. The fraction of sp³-hybridized carbons (Fsp3) is 0.423. The van der Waals surface area contributed by atoms with Crippen molar-refractivity contribution in [2.75, 3.05) is 0 Å². The van der Waals surface area contributed by atoms with Crippen molar-refractivity contribution < 1.29 is 0 Å². The highest BCUT2D eigenvalue weighted by atomic mass is 14.7. The molecule has 0 bridgehead atoms. The number of benzene rings is 2. The molecule has 0 unspecified atom stereocenters. The van der Waals surface area contributed by atoms with Crippen molar-refractivity contribution in [3.05, 3.63) is 65.4 Å². The maximum atomic E-state index is 4.78. The lowest BCUT2D eigenvalue weighted by atomic mass is 9.83. The molecule has 0 saturated heterocycles. The van der Waals surface area contributed by atoms with E-state index in [9.17, 15) is 0 Å². The summed E-state index contributed by atoms with van der Waals surface area (Å²) in [5, 5.41) is 2.56. The van der Waals surface area contributed by atoms with Gasteiger partial charge in [0.05, 0.1) is 5.69 Å². The standard InChI is InChI=1S/C26H31N/c1-18-12-23(15-24(13-18)26(2,3)4)25-16-22-14-20(10-11-21(22)17-27-25)19-8-6-5-7-9-19/h10-17,19H,5-9H2,1-4H3. The Labute approximate surface area is 163 Å². The normalized spacial score (nSPS) is 16.0. The third-order valence-electron chi connectivity index (χ3n) is 6.06. The Morgan fingerprint density at radius 2 is 1.63 bits per heavy atom. The average molecular weight is 358 g/mol. The van der Waals surface area contributed by atoms with Crippen LogP contribution < -0.4 is 0 Å². The number of aromatic nitrogens is 1. The zero-order valence-electron chi connectivity index (χ0n) is 17.2. The van der Waals surface area contributed by atoms with Gasteiger partial charge in [0, 0.05) is 17.1 Å². The summed E-state index contributed by atoms with van der Waals surface area (Å²) in [5.74, 6) is 0.742. The van der Waals surface area contributed by atoms with Crippen LogP contribution in [0.3, 0.4) is 0 Å². The molecule has 2 aromatic carbocycles. The predicted molar refractivity (Wildman–Crippen MR) is 116 cm³/mol. The van der Waals surface area contributed by atoms with Gasteiger partial charge in [-0.15, -0.1) is 0 Å². The number of hydrogen-bond acceptors (Lipinski definition) is 1. The SMILES string of the molecule is Cc1cc(-c2cc3cc(C4CCCCC4)ccc3cn2)cc(C(C)(C)C)c1. The minimum atomic E-state index is 0.145. The minimum Gasteiger partial charge on any atom is -0.256 e. The van der Waals surface area contributed by atoms with Crippen LogP contribution in [0.5, 0.6) is 0 Å². The summed E-state index contributed by atoms with van der Waals surface area (Å²) in [6.07, 6.45) is 8.88. The summed E-state index contributed by atoms with van der Waals surface area (Å²) in [7, 11) is 0. The molecule has 0 aliphatic heterocycles. The van der Waals surface area contributed by atoms with Gasteiger partial charge < -0.3 is 0 Å². The third kappa shape index (κ3) is 3.93. The minimum absolute atomic E-state index is 0.145. The van der Waals surface area contributed by atoms with E-state index in [1.807, 2.05) is 6.20 Å². The maximum absolute atomic E-state index is 4.78. The van der Waals surface area contributed by atoms with Crippen LogP contribution in [0.4, 0.5) is 0 Å². The quantitative estimate of drug-likeness (QED) is 0.461. The van der Waals surface area contributed by atoms with Gasteiger partial charge in [-0.1, -0.05) is 69.9 Å². The summed E-state index contributed by atoms with van der Waals surface area (Å²) in [6, 6.07) is 16.1. The van der Waals surface area contributed by atoms with Crippen LogP contribution in [0.25, 0.3) is 22.0 Å². The van der Waals surface area contributed by atoms with Crippen molar-refractivity contribution in [2.45, 2.75) is 71.1 Å². The van der Waals surface area contributed by atoms with E-state index in [0.29, 0.717) is 0 Å². The first-order chi connectivity index (χ1) is 12.9. The van der Waals surface area contributed by atoms with Crippen molar-refractivity contribution in [1.82, 2.24) is 4.98 Å². The van der Waals surface area contributed by atoms with Gasteiger partial charge in [0.25, 0.3) is 0 Å². The molecule has 0 spiro atoms. The van der Waals surface area contributed by atoms with Crippen molar-refractivity contribution in [3.63, 3.8) is 0 Å². The Hall–Kier alpha value is -2.15. The maximum Gasteiger partial charge on any atom is 0.0708 e. The van der Waals surface area contributed by atoms with E-state index >= 15 is 0 Å². The molecule has 1 aromatic heterocycles. The smallest absolute Gasteiger partial charge is 0.0708 e. The molecule has 1 saturated carbocycles. The molecule has 3 aromatic rings. The second kappa shape index (κ2) is 7.11. The number of aryl methyl sites for hydroxylation is 1. The Morgan fingerprint density at radius 3 is 2.37 bits per heavy atom. The molecule has 1 aliphatic carbocycles. The Morgan fingerprint density at radius 1 is 0.852 bits per heavy atom. The first kappa shape index (κ1) is 18.2. The predicted octanol–water partition coefficient (Wildman–Crippen LogP) is 7.56. The van der Waals surface area contributed by atoms with Gasteiger partial charge >= 0.3 is 0 Å². The first-order valence-electron chi connectivity index (χ1n) is 10.4. The summed E-state index contributed by atoms with van der Waals surface area (Å²) in [4.78, 5) is 4.78. The highest BCUT2D eigenvalue weighted by Gasteiger charge is 2.17. The largest absolute Gasteiger partial charge is 0.256 e. The van der Waals surface area contributed by atoms with Gasteiger partial charge in [0.1, 0.15) is 0 Å². The topological polar surface area (TPSA) is 12.9 Å². The van der Waals surface area contributed by atoms with E-state index in [-0.39, 0.29) is 5.41 Å². The van der Waals surface area contributed by atoms with E-state index in [4.69, 9.17) is 4.98 Å². The molecule has 140 valence electrons. The fourth-order valence-electron chi connectivity index (χ4n) is 4.37. The molecular formula is C26H31N. The summed E-state index contributed by atoms with van der Waals surface area (Å²) < 4.78 is 0. The lowest BCUT2D eigenvalue weighted by Crippen LogP contribution is -2.11. The van der Waals surface area contributed by atoms with E-state index in [0.717, 1.165) is 11.6 Å². The molecule has 0 N–H and O–H groups in total. The van der Waals surface area contributed by atoms with Crippen molar-refractivity contribution in [3.8, 4) is 11.3 Å². The number of rotatable bonds is 2. The number of fused-ring (bicyclic) bond motifs is 1. The average Bonchev–Trinajstić information content (AvgIpc) is 2.66. The molecule has 1 aliphatic rings. The summed E-state index contributed by atoms with van der Waals surface area (Å²) in [6.45, 7) is 9.00. The lowest BCUT2D eigenvalue weighted by Gasteiger charge is -2.22. The molecule has 0 amide bonds. The lowest BCUT2D eigenvalue weighted by molar-refractivity contribution is 0.444. The van der Waals surface area contributed by atoms with Gasteiger partial charge in [-0.05, 0) is 65.8 Å². The van der Waals surface area contributed by atoms with Gasteiger partial charge in [-0.25, -0.2) is 0 Å². The van der Waals surface area contributed by atoms with Crippen LogP contribution in [-0.4, -0.2) is 4.98 Å². The Bertz CT molecular complexity index is 956. The molecule has 0 atom stereocenters. The van der Waals surface area contributed by atoms with Gasteiger partial charge in [-0.2, -0.15) is 0 Å². The zero-order chi connectivity index (χ0) is 19.0. The van der Waals surface area contributed by atoms with Gasteiger partial charge in [0.2, 0.25) is 0 Å². The first-order valence-corrected chi connectivity index (χ1v) is 10.4. The highest BCUT2D eigenvalue weighted by Crippen LogP contribution is 2.35. The second-order valence-corrected chi connectivity index (χ2v) is 9.35. The van der Waals surface area contributed by atoms with E-state index in [1.165, 1.54) is 65.1 Å². The fourth-order valence-corrected chi connectivity index (χ4v) is 4.37. The van der Waals surface area contributed by atoms with Crippen LogP contribution in [0.2, 0.25) is 0 Å². The molecule has 4 rings (SSSR count). The highest BCUT2D eigenvalue weighted by molar-refractivity contribution is 5.86. The van der Waals surface area contributed by atoms with E-state index in [1.54, 1.807) is 0 Å². The van der Waals surface area contributed by atoms with Crippen molar-refractivity contribution >= 4 is 10.8 Å². The van der Waals surface area contributed by atoms with E-state index < -0.39 is 0 Å². The van der Waals surface area contributed by atoms with Crippen LogP contribution in [-0.2, 0) is 5.41 Å². The molecule has 27 heavy (non-hydrogen) atoms. The molecule has 1 nitrogen and oxygen atoms in total. The van der Waals surface area contributed by atoms with Crippen LogP contribution in [0, 0.1) is 6.92 Å². The van der Waals surface area contributed by atoms with Crippen molar-refractivity contribution in [1.29, 1.82) is 0 Å². The number of pyridine rings is 1. The third-order valence-corrected chi connectivity index (χ3v) is 6.06. The van der Waals surface area contributed by atoms with Crippen molar-refractivity contribution in [2.24, 2.45) is 0 Å². The van der Waals surface area contributed by atoms with Crippen LogP contribution in [0.15, 0.2) is 48.7 Å². The summed E-state index contributed by atoms with van der Waals surface area (Å²) in [5.41, 5.74) is 6.64. The zero-order valence-corrected chi connectivity index (χ0v) is 17.2. The summed E-state index contributed by atoms with van der Waals surface area (Å²) >= 11 is 0. The molecule has 1 heteroatoms. The molecule has 0 radical (unpaired) electrons. The van der Waals surface area contributed by atoms with Crippen LogP contribution in [0.1, 0.15) is 75.5 Å². The monoisotopic (exact) mass is 357 g/mol. The molecular weight excluding hydrogens is 326 g/mol. The van der Waals surface area contributed by atoms with E-state index in [2.05, 4.69) is 70.2 Å². The van der Waals surface area contributed by atoms with Gasteiger partial charge in [0.15, 0.2) is 0 Å². The Balaban J connectivity index is 1.75. The number of nitrogens with zero attached hydrogens (tertiary/aromatic N) is 1. The Kier molecular flexibility index (Phi) is 4.80. The van der Waals surface area contributed by atoms with Gasteiger partial charge in [-0.3, -0.25) is 4.98 Å². The molecule has 1 heterocycles. The number of hydrogen-bond donors (Lipinski definition) is 0. The van der Waals surface area contributed by atoms with Crippen LogP contribution >= 0.6 is 0 Å². The molecule has 1 fully saturated rings.